The lowest BCUT2D eigenvalue weighted by atomic mass is 10.3. The molecule has 1 rings (SSSR count). The third kappa shape index (κ3) is 5.25. The van der Waals surface area contributed by atoms with Crippen molar-refractivity contribution < 1.29 is 13.2 Å². The van der Waals surface area contributed by atoms with Gasteiger partial charge in [-0.15, -0.1) is 0 Å². The Morgan fingerprint density at radius 2 is 2.18 bits per heavy atom. The topological polar surface area (TPSA) is 81.4 Å². The van der Waals surface area contributed by atoms with E-state index in [1.54, 1.807) is 18.2 Å². The third-order valence-corrected chi connectivity index (χ3v) is 2.95. The highest BCUT2D eigenvalue weighted by molar-refractivity contribution is 7.89. The molecule has 0 spiro atoms. The molecule has 0 unspecified atom stereocenters. The van der Waals surface area contributed by atoms with E-state index in [1.165, 1.54) is 0 Å². The summed E-state index contributed by atoms with van der Waals surface area (Å²) in [6.07, 6.45) is 0. The van der Waals surface area contributed by atoms with Crippen molar-refractivity contribution in [1.29, 1.82) is 0 Å². The smallest absolute Gasteiger partial charge is 0.210 e. The lowest BCUT2D eigenvalue weighted by molar-refractivity contribution is 0.342. The van der Waals surface area contributed by atoms with Gasteiger partial charge >= 0.3 is 0 Å². The Balaban J connectivity index is 2.71. The second-order valence-corrected chi connectivity index (χ2v) is 5.54. The molecule has 0 aromatic heterocycles. The molecule has 5 nitrogen and oxygen atoms in total. The molecule has 0 atom stereocenters. The zero-order valence-electron chi connectivity index (χ0n) is 9.44. The molecule has 0 aliphatic rings. The number of anilines is 1. The van der Waals surface area contributed by atoms with Crippen LogP contribution < -0.4 is 15.2 Å². The summed E-state index contributed by atoms with van der Waals surface area (Å²) in [7, 11) is -3.47. The molecule has 3 N–H and O–H groups in total. The SMILES string of the molecule is CCOc1ccc(Cl)cc1NCCS(N)(=O)=O. The van der Waals surface area contributed by atoms with E-state index in [2.05, 4.69) is 5.32 Å². The second-order valence-electron chi connectivity index (χ2n) is 3.37. The highest BCUT2D eigenvalue weighted by Crippen LogP contribution is 2.27. The minimum Gasteiger partial charge on any atom is -0.492 e. The van der Waals surface area contributed by atoms with Crippen LogP contribution in [0.25, 0.3) is 0 Å². The summed E-state index contributed by atoms with van der Waals surface area (Å²) < 4.78 is 26.9. The molecule has 0 amide bonds. The quantitative estimate of drug-likeness (QED) is 0.825. The predicted molar refractivity (Wildman–Crippen MR) is 69.1 cm³/mol. The van der Waals surface area contributed by atoms with Gasteiger partial charge < -0.3 is 10.1 Å². The van der Waals surface area contributed by atoms with E-state index in [4.69, 9.17) is 21.5 Å². The highest BCUT2D eigenvalue weighted by Gasteiger charge is 2.06. The van der Waals surface area contributed by atoms with E-state index in [1.807, 2.05) is 6.92 Å². The first-order valence-electron chi connectivity index (χ1n) is 5.09. The Morgan fingerprint density at radius 1 is 1.47 bits per heavy atom. The summed E-state index contributed by atoms with van der Waals surface area (Å²) in [6, 6.07) is 5.11. The Morgan fingerprint density at radius 3 is 2.76 bits per heavy atom. The van der Waals surface area contributed by atoms with E-state index in [0.717, 1.165) is 0 Å². The molecule has 0 heterocycles. The van der Waals surface area contributed by atoms with Crippen molar-refractivity contribution >= 4 is 27.3 Å². The number of primary sulfonamides is 1. The van der Waals surface area contributed by atoms with Crippen LogP contribution in [0.4, 0.5) is 5.69 Å². The number of hydrogen-bond donors (Lipinski definition) is 2. The average Bonchev–Trinajstić information content (AvgIpc) is 2.20. The lowest BCUT2D eigenvalue weighted by Crippen LogP contribution is -2.22. The first-order chi connectivity index (χ1) is 7.92. The second kappa shape index (κ2) is 6.09. The van der Waals surface area contributed by atoms with Crippen LogP contribution in [0.15, 0.2) is 18.2 Å². The molecular formula is C10H15ClN2O3S. The fourth-order valence-corrected chi connectivity index (χ4v) is 1.81. The Bertz CT molecular complexity index is 476. The normalized spacial score (nSPS) is 11.2. The fourth-order valence-electron chi connectivity index (χ4n) is 1.25. The van der Waals surface area contributed by atoms with E-state index in [9.17, 15) is 8.42 Å². The number of sulfonamides is 1. The number of benzene rings is 1. The number of rotatable bonds is 6. The van der Waals surface area contributed by atoms with Crippen LogP contribution in [0.5, 0.6) is 5.75 Å². The van der Waals surface area contributed by atoms with Gasteiger partial charge in [0.2, 0.25) is 10.0 Å². The van der Waals surface area contributed by atoms with Gasteiger partial charge in [0, 0.05) is 11.6 Å². The van der Waals surface area contributed by atoms with Crippen molar-refractivity contribution in [2.75, 3.05) is 24.2 Å². The van der Waals surface area contributed by atoms with Crippen molar-refractivity contribution in [1.82, 2.24) is 0 Å². The van der Waals surface area contributed by atoms with Gasteiger partial charge in [-0.1, -0.05) is 11.6 Å². The van der Waals surface area contributed by atoms with Gasteiger partial charge in [0.25, 0.3) is 0 Å². The number of nitrogens with two attached hydrogens (primary N) is 1. The minimum absolute atomic E-state index is 0.148. The molecule has 0 radical (unpaired) electrons. The summed E-state index contributed by atoms with van der Waals surface area (Å²) in [6.45, 7) is 2.59. The molecule has 0 saturated carbocycles. The van der Waals surface area contributed by atoms with Crippen LogP contribution in [0.3, 0.4) is 0 Å². The number of hydrogen-bond acceptors (Lipinski definition) is 4. The molecule has 1 aromatic rings. The monoisotopic (exact) mass is 278 g/mol. The van der Waals surface area contributed by atoms with Crippen LogP contribution in [0.2, 0.25) is 5.02 Å². The van der Waals surface area contributed by atoms with Crippen LogP contribution in [-0.4, -0.2) is 27.3 Å². The summed E-state index contributed by atoms with van der Waals surface area (Å²) in [5.74, 6) is 0.483. The van der Waals surface area contributed by atoms with Gasteiger partial charge in [0.15, 0.2) is 0 Å². The van der Waals surface area contributed by atoms with Gasteiger partial charge in [-0.25, -0.2) is 13.6 Å². The highest BCUT2D eigenvalue weighted by atomic mass is 35.5. The van der Waals surface area contributed by atoms with Crippen LogP contribution in [0.1, 0.15) is 6.92 Å². The predicted octanol–water partition coefficient (Wildman–Crippen LogP) is 1.44. The molecule has 0 bridgehead atoms. The molecular weight excluding hydrogens is 264 g/mol. The maximum atomic E-state index is 10.8. The van der Waals surface area contributed by atoms with Gasteiger partial charge in [-0.2, -0.15) is 0 Å². The summed E-state index contributed by atoms with van der Waals surface area (Å²) >= 11 is 5.85. The third-order valence-electron chi connectivity index (χ3n) is 1.94. The summed E-state index contributed by atoms with van der Waals surface area (Å²) in [5, 5.41) is 8.38. The molecule has 7 heteroatoms. The number of halogens is 1. The largest absolute Gasteiger partial charge is 0.492 e. The fraction of sp³-hybridized carbons (Fsp3) is 0.400. The van der Waals surface area contributed by atoms with Crippen molar-refractivity contribution in [3.8, 4) is 5.75 Å². The van der Waals surface area contributed by atoms with Crippen LogP contribution in [0, 0.1) is 0 Å². The van der Waals surface area contributed by atoms with E-state index >= 15 is 0 Å². The minimum atomic E-state index is -3.47. The average molecular weight is 279 g/mol. The maximum absolute atomic E-state index is 10.8. The first-order valence-corrected chi connectivity index (χ1v) is 7.18. The van der Waals surface area contributed by atoms with Crippen LogP contribution >= 0.6 is 11.6 Å². The van der Waals surface area contributed by atoms with Gasteiger partial charge in [-0.05, 0) is 25.1 Å². The van der Waals surface area contributed by atoms with Gasteiger partial charge in [-0.3, -0.25) is 0 Å². The zero-order valence-corrected chi connectivity index (χ0v) is 11.0. The van der Waals surface area contributed by atoms with Crippen molar-refractivity contribution in [3.63, 3.8) is 0 Å². The van der Waals surface area contributed by atoms with Gasteiger partial charge in [0.1, 0.15) is 5.75 Å². The van der Waals surface area contributed by atoms with E-state index in [0.29, 0.717) is 23.1 Å². The molecule has 0 fully saturated rings. The molecule has 0 aliphatic heterocycles. The number of nitrogens with one attached hydrogen (secondary N) is 1. The maximum Gasteiger partial charge on any atom is 0.210 e. The molecule has 0 aliphatic carbocycles. The van der Waals surface area contributed by atoms with E-state index < -0.39 is 10.0 Å². The van der Waals surface area contributed by atoms with Crippen molar-refractivity contribution in [2.45, 2.75) is 6.92 Å². The van der Waals surface area contributed by atoms with E-state index in [-0.39, 0.29) is 12.3 Å². The van der Waals surface area contributed by atoms with Gasteiger partial charge in [0.05, 0.1) is 18.0 Å². The zero-order chi connectivity index (χ0) is 12.9. The number of ether oxygens (including phenoxy) is 1. The summed E-state index contributed by atoms with van der Waals surface area (Å²) in [4.78, 5) is 0. The Kier molecular flexibility index (Phi) is 5.04. The molecule has 1 aromatic carbocycles. The standard InChI is InChI=1S/C10H15ClN2O3S/c1-2-16-10-4-3-8(11)7-9(10)13-5-6-17(12,14)15/h3-4,7,13H,2,5-6H2,1H3,(H2,12,14,15). The first kappa shape index (κ1) is 14.1. The Labute approximate surface area is 106 Å². The van der Waals surface area contributed by atoms with Crippen molar-refractivity contribution in [2.24, 2.45) is 5.14 Å². The summed E-state index contributed by atoms with van der Waals surface area (Å²) in [5.41, 5.74) is 0.656. The van der Waals surface area contributed by atoms with Crippen molar-refractivity contribution in [3.05, 3.63) is 23.2 Å². The Hall–Kier alpha value is -0.980. The van der Waals surface area contributed by atoms with Crippen LogP contribution in [-0.2, 0) is 10.0 Å². The molecule has 0 saturated heterocycles. The molecule has 17 heavy (non-hydrogen) atoms. The lowest BCUT2D eigenvalue weighted by Gasteiger charge is -2.12. The molecule has 96 valence electrons.